The Morgan fingerprint density at radius 2 is 1.94 bits per heavy atom. The van der Waals surface area contributed by atoms with Crippen molar-refractivity contribution in [1.82, 2.24) is 0 Å². The van der Waals surface area contributed by atoms with Gasteiger partial charge < -0.3 is 10.6 Å². The summed E-state index contributed by atoms with van der Waals surface area (Å²) in [5, 5.41) is 0. The van der Waals surface area contributed by atoms with Gasteiger partial charge in [-0.1, -0.05) is 19.1 Å². The molecule has 1 aliphatic carbocycles. The molecule has 1 saturated carbocycles. The van der Waals surface area contributed by atoms with E-state index in [9.17, 15) is 4.39 Å². The minimum Gasteiger partial charge on any atom is -0.369 e. The molecule has 1 aromatic rings. The predicted molar refractivity (Wildman–Crippen MR) is 71.1 cm³/mol. The Morgan fingerprint density at radius 1 is 1.28 bits per heavy atom. The second kappa shape index (κ2) is 3.46. The maximum Gasteiger partial charge on any atom is 0.196 e. The maximum atomic E-state index is 14.0. The van der Waals surface area contributed by atoms with Gasteiger partial charge in [0.2, 0.25) is 0 Å². The summed E-state index contributed by atoms with van der Waals surface area (Å²) in [4.78, 5) is 6.23. The van der Waals surface area contributed by atoms with Crippen molar-refractivity contribution >= 4 is 11.6 Å². The van der Waals surface area contributed by atoms with Crippen molar-refractivity contribution in [2.45, 2.75) is 32.2 Å². The van der Waals surface area contributed by atoms with Crippen molar-refractivity contribution in [1.29, 1.82) is 0 Å². The minimum absolute atomic E-state index is 0.180. The van der Waals surface area contributed by atoms with Crippen LogP contribution < -0.4 is 10.6 Å². The number of hydrogen-bond acceptors (Lipinski definition) is 3. The largest absolute Gasteiger partial charge is 0.369 e. The van der Waals surface area contributed by atoms with E-state index in [1.807, 2.05) is 11.0 Å². The van der Waals surface area contributed by atoms with Gasteiger partial charge in [-0.2, -0.15) is 0 Å². The maximum absolute atomic E-state index is 14.0. The van der Waals surface area contributed by atoms with Crippen LogP contribution in [0.1, 0.15) is 26.7 Å². The van der Waals surface area contributed by atoms with Gasteiger partial charge in [0.1, 0.15) is 5.82 Å². The quantitative estimate of drug-likeness (QED) is 0.872. The average Bonchev–Trinajstić information content (AvgIpc) is 3.02. The number of guanidine groups is 1. The highest BCUT2D eigenvalue weighted by Crippen LogP contribution is 2.57. The van der Waals surface area contributed by atoms with Gasteiger partial charge in [-0.05, 0) is 37.3 Å². The van der Waals surface area contributed by atoms with E-state index < -0.39 is 0 Å². The molecule has 1 aliphatic heterocycles. The van der Waals surface area contributed by atoms with Crippen LogP contribution in [0.25, 0.3) is 0 Å². The third kappa shape index (κ3) is 1.38. The topological polar surface area (TPSA) is 41.6 Å². The van der Waals surface area contributed by atoms with Crippen LogP contribution in [0.3, 0.4) is 0 Å². The van der Waals surface area contributed by atoms with Crippen LogP contribution in [0.15, 0.2) is 29.3 Å². The van der Waals surface area contributed by atoms with Crippen LogP contribution >= 0.6 is 0 Å². The summed E-state index contributed by atoms with van der Waals surface area (Å²) >= 11 is 0. The Hall–Kier alpha value is -1.58. The van der Waals surface area contributed by atoms with Gasteiger partial charge in [-0.25, -0.2) is 4.39 Å². The van der Waals surface area contributed by atoms with Crippen molar-refractivity contribution in [3.05, 3.63) is 30.1 Å². The van der Waals surface area contributed by atoms with E-state index in [0.717, 1.165) is 12.8 Å². The minimum atomic E-state index is -0.243. The van der Waals surface area contributed by atoms with E-state index in [4.69, 9.17) is 5.73 Å². The highest BCUT2D eigenvalue weighted by molar-refractivity contribution is 5.98. The van der Waals surface area contributed by atoms with Gasteiger partial charge in [-0.3, -0.25) is 4.99 Å². The summed E-state index contributed by atoms with van der Waals surface area (Å²) in [6, 6.07) is 6.77. The molecule has 3 nitrogen and oxygen atoms in total. The zero-order valence-corrected chi connectivity index (χ0v) is 10.8. The lowest BCUT2D eigenvalue weighted by molar-refractivity contribution is 0.316. The van der Waals surface area contributed by atoms with Crippen molar-refractivity contribution in [2.24, 2.45) is 16.1 Å². The molecule has 0 aromatic heterocycles. The molecule has 2 N–H and O–H groups in total. The highest BCUT2D eigenvalue weighted by atomic mass is 19.1. The summed E-state index contributed by atoms with van der Waals surface area (Å²) in [6.45, 7) is 5.01. The van der Waals surface area contributed by atoms with Gasteiger partial charge >= 0.3 is 0 Å². The molecule has 1 unspecified atom stereocenters. The molecule has 0 bridgehead atoms. The van der Waals surface area contributed by atoms with Crippen molar-refractivity contribution in [2.75, 3.05) is 11.4 Å². The molecular formula is C14H18FN3. The molecule has 0 saturated heterocycles. The summed E-state index contributed by atoms with van der Waals surface area (Å²) in [5.41, 5.74) is 6.49. The molecule has 2 aliphatic rings. The zero-order chi connectivity index (χ0) is 13.0. The van der Waals surface area contributed by atoms with Crippen LogP contribution in [0, 0.1) is 11.2 Å². The lowest BCUT2D eigenvalue weighted by Crippen LogP contribution is -2.55. The monoisotopic (exact) mass is 247 g/mol. The lowest BCUT2D eigenvalue weighted by atomic mass is 9.82. The van der Waals surface area contributed by atoms with Crippen molar-refractivity contribution < 1.29 is 4.39 Å². The van der Waals surface area contributed by atoms with Crippen LogP contribution in [0.4, 0.5) is 10.1 Å². The van der Waals surface area contributed by atoms with Gasteiger partial charge in [-0.15, -0.1) is 0 Å². The van der Waals surface area contributed by atoms with Gasteiger partial charge in [0.25, 0.3) is 0 Å². The second-order valence-electron chi connectivity index (χ2n) is 5.80. The van der Waals surface area contributed by atoms with Gasteiger partial charge in [0.05, 0.1) is 17.8 Å². The first kappa shape index (κ1) is 11.5. The average molecular weight is 247 g/mol. The zero-order valence-electron chi connectivity index (χ0n) is 10.8. The van der Waals surface area contributed by atoms with E-state index in [1.54, 1.807) is 12.1 Å². The number of anilines is 1. The summed E-state index contributed by atoms with van der Waals surface area (Å²) in [5.74, 6) is 0.184. The molecule has 0 amide bonds. The molecule has 3 rings (SSSR count). The Balaban J connectivity index is 2.08. The molecule has 4 heteroatoms. The Kier molecular flexibility index (Phi) is 2.22. The van der Waals surface area contributed by atoms with Crippen molar-refractivity contribution in [3.63, 3.8) is 0 Å². The standard InChI is InChI=1S/C14H18FN3/c1-13(7-8-13)14(2)9-17-12(16)18(14)11-6-4-3-5-10(11)15/h3-6H,7-9H2,1-2H3,(H2,16,17). The van der Waals surface area contributed by atoms with Crippen molar-refractivity contribution in [3.8, 4) is 0 Å². The number of nitrogens with two attached hydrogens (primary N) is 1. The number of para-hydroxylation sites is 1. The first-order valence-electron chi connectivity index (χ1n) is 6.33. The molecule has 0 radical (unpaired) electrons. The van der Waals surface area contributed by atoms with E-state index in [2.05, 4.69) is 18.8 Å². The number of hydrogen-bond donors (Lipinski definition) is 1. The molecular weight excluding hydrogens is 229 g/mol. The third-order valence-electron chi connectivity index (χ3n) is 4.67. The van der Waals surface area contributed by atoms with E-state index in [1.165, 1.54) is 6.07 Å². The lowest BCUT2D eigenvalue weighted by Gasteiger charge is -2.41. The summed E-state index contributed by atoms with van der Waals surface area (Å²) in [7, 11) is 0. The van der Waals surface area contributed by atoms with Crippen LogP contribution in [-0.2, 0) is 0 Å². The molecule has 1 heterocycles. The molecule has 96 valence electrons. The molecule has 0 spiro atoms. The van der Waals surface area contributed by atoms with E-state index in [0.29, 0.717) is 18.2 Å². The molecule has 1 fully saturated rings. The number of halogens is 1. The number of aliphatic imine (C=N–C) groups is 1. The van der Waals surface area contributed by atoms with E-state index >= 15 is 0 Å². The fourth-order valence-corrected chi connectivity index (χ4v) is 2.84. The molecule has 1 aromatic carbocycles. The Morgan fingerprint density at radius 3 is 2.56 bits per heavy atom. The van der Waals surface area contributed by atoms with E-state index in [-0.39, 0.29) is 16.8 Å². The highest BCUT2D eigenvalue weighted by Gasteiger charge is 2.59. The first-order valence-corrected chi connectivity index (χ1v) is 6.33. The fourth-order valence-electron chi connectivity index (χ4n) is 2.84. The predicted octanol–water partition coefficient (Wildman–Crippen LogP) is 2.52. The molecule has 1 atom stereocenters. The third-order valence-corrected chi connectivity index (χ3v) is 4.67. The smallest absolute Gasteiger partial charge is 0.196 e. The normalized spacial score (nSPS) is 29.3. The second-order valence-corrected chi connectivity index (χ2v) is 5.80. The number of benzene rings is 1. The van der Waals surface area contributed by atoms with Crippen LogP contribution in [-0.4, -0.2) is 18.0 Å². The van der Waals surface area contributed by atoms with Crippen LogP contribution in [0.2, 0.25) is 0 Å². The molecule has 18 heavy (non-hydrogen) atoms. The Labute approximate surface area is 106 Å². The Bertz CT molecular complexity index is 522. The van der Waals surface area contributed by atoms with Gasteiger partial charge in [0.15, 0.2) is 5.96 Å². The first-order chi connectivity index (χ1) is 8.48. The fraction of sp³-hybridized carbons (Fsp3) is 0.500. The summed E-state index contributed by atoms with van der Waals surface area (Å²) in [6.07, 6.45) is 2.30. The van der Waals surface area contributed by atoms with Crippen LogP contribution in [0.5, 0.6) is 0 Å². The number of rotatable bonds is 2. The summed E-state index contributed by atoms with van der Waals surface area (Å²) < 4.78 is 14.0. The SMILES string of the molecule is CC1(C2(C)CN=C(N)N2c2ccccc2F)CC1. The van der Waals surface area contributed by atoms with Gasteiger partial charge in [0, 0.05) is 0 Å². The number of nitrogens with zero attached hydrogens (tertiary/aromatic N) is 2.